The van der Waals surface area contributed by atoms with Gasteiger partial charge in [0.1, 0.15) is 0 Å². The molecule has 0 atom stereocenters. The Hall–Kier alpha value is -5.68. The van der Waals surface area contributed by atoms with Crippen LogP contribution in [0.5, 0.6) is 0 Å². The summed E-state index contributed by atoms with van der Waals surface area (Å²) in [5.41, 5.74) is 8.77. The number of aromatic nitrogens is 2. The fourth-order valence-electron chi connectivity index (χ4n) is 6.75. The van der Waals surface area contributed by atoms with E-state index in [4.69, 9.17) is 9.97 Å². The molecule has 224 valence electrons. The van der Waals surface area contributed by atoms with E-state index in [1.54, 1.807) is 0 Å². The zero-order chi connectivity index (χ0) is 31.6. The molecule has 0 aliphatic heterocycles. The molecule has 4 aromatic heterocycles. The van der Waals surface area contributed by atoms with Crippen LogP contribution in [0, 0.1) is 0 Å². The van der Waals surface area contributed by atoms with E-state index in [2.05, 4.69) is 146 Å². The molecule has 0 aliphatic carbocycles. The number of fused-ring (bicyclic) bond motifs is 7. The summed E-state index contributed by atoms with van der Waals surface area (Å²) >= 11 is 3.76. The maximum atomic E-state index is 4.89. The third-order valence-corrected chi connectivity index (χ3v) is 11.8. The molecule has 0 amide bonds. The number of hydrogen-bond acceptors (Lipinski definition) is 4. The van der Waals surface area contributed by atoms with Crippen molar-refractivity contribution in [2.45, 2.75) is 0 Å². The average molecular weight is 647 g/mol. The van der Waals surface area contributed by atoms with Gasteiger partial charge in [-0.3, -0.25) is 0 Å². The van der Waals surface area contributed by atoms with Crippen molar-refractivity contribution >= 4 is 75.4 Å². The summed E-state index contributed by atoms with van der Waals surface area (Å²) in [6.45, 7) is 0. The minimum Gasteiger partial charge on any atom is -0.248 e. The minimum atomic E-state index is 1.000. The largest absolute Gasteiger partial charge is 0.248 e. The second-order valence-corrected chi connectivity index (χ2v) is 14.3. The lowest BCUT2D eigenvalue weighted by molar-refractivity contribution is 1.40. The molecule has 0 unspecified atom stereocenters. The number of nitrogens with zero attached hydrogens (tertiary/aromatic N) is 2. The van der Waals surface area contributed by atoms with Crippen molar-refractivity contribution in [3.05, 3.63) is 158 Å². The Morgan fingerprint density at radius 2 is 0.729 bits per heavy atom. The van der Waals surface area contributed by atoms with Crippen molar-refractivity contribution < 1.29 is 0 Å². The predicted octanol–water partition coefficient (Wildman–Crippen LogP) is 13.0. The first-order valence-corrected chi connectivity index (χ1v) is 17.7. The first-order chi connectivity index (χ1) is 23.7. The molecule has 4 heterocycles. The van der Waals surface area contributed by atoms with Gasteiger partial charge in [0.25, 0.3) is 0 Å². The molecular weight excluding hydrogens is 621 g/mol. The molecule has 6 aromatic carbocycles. The van der Waals surface area contributed by atoms with Gasteiger partial charge in [0.15, 0.2) is 0 Å². The Kier molecular flexibility index (Phi) is 6.26. The smallest absolute Gasteiger partial charge is 0.0709 e. The van der Waals surface area contributed by atoms with Crippen molar-refractivity contribution in [1.82, 2.24) is 9.97 Å². The van der Waals surface area contributed by atoms with Gasteiger partial charge in [-0.25, -0.2) is 9.97 Å². The number of pyridine rings is 2. The van der Waals surface area contributed by atoms with Crippen molar-refractivity contribution in [2.24, 2.45) is 0 Å². The van der Waals surface area contributed by atoms with Gasteiger partial charge < -0.3 is 0 Å². The summed E-state index contributed by atoms with van der Waals surface area (Å²) in [6.07, 6.45) is 0. The van der Waals surface area contributed by atoms with Crippen LogP contribution >= 0.6 is 22.7 Å². The van der Waals surface area contributed by atoms with Crippen molar-refractivity contribution in [3.8, 4) is 43.4 Å². The second-order valence-electron chi connectivity index (χ2n) is 12.2. The van der Waals surface area contributed by atoms with E-state index < -0.39 is 0 Å². The summed E-state index contributed by atoms with van der Waals surface area (Å²) in [4.78, 5) is 12.3. The van der Waals surface area contributed by atoms with E-state index in [0.717, 1.165) is 44.3 Å². The van der Waals surface area contributed by atoms with Crippen LogP contribution in [0.15, 0.2) is 158 Å². The highest BCUT2D eigenvalue weighted by atomic mass is 32.1. The van der Waals surface area contributed by atoms with Crippen LogP contribution in [0.2, 0.25) is 0 Å². The van der Waals surface area contributed by atoms with Gasteiger partial charge in [0.2, 0.25) is 0 Å². The number of benzene rings is 6. The minimum absolute atomic E-state index is 1.000. The van der Waals surface area contributed by atoms with Gasteiger partial charge in [-0.15, -0.1) is 22.7 Å². The van der Waals surface area contributed by atoms with Crippen molar-refractivity contribution in [1.29, 1.82) is 0 Å². The monoisotopic (exact) mass is 646 g/mol. The molecule has 0 saturated heterocycles. The highest BCUT2D eigenvalue weighted by Crippen LogP contribution is 2.43. The molecule has 0 saturated carbocycles. The Morgan fingerprint density at radius 3 is 1.19 bits per heavy atom. The van der Waals surface area contributed by atoms with E-state index in [9.17, 15) is 0 Å². The third kappa shape index (κ3) is 4.61. The van der Waals surface area contributed by atoms with Gasteiger partial charge in [-0.05, 0) is 58.3 Å². The summed E-state index contributed by atoms with van der Waals surface area (Å²) in [5, 5.41) is 7.54. The summed E-state index contributed by atoms with van der Waals surface area (Å²) in [7, 11) is 0. The molecule has 4 heteroatoms. The maximum absolute atomic E-state index is 4.89. The lowest BCUT2D eigenvalue weighted by Gasteiger charge is -2.04. The highest BCUT2D eigenvalue weighted by molar-refractivity contribution is 7.24. The Morgan fingerprint density at radius 1 is 0.333 bits per heavy atom. The molecule has 0 bridgehead atoms. The molecule has 10 aromatic rings. The molecule has 0 fully saturated rings. The Bertz CT molecular complexity index is 2630. The Balaban J connectivity index is 0.970. The highest BCUT2D eigenvalue weighted by Gasteiger charge is 2.13. The molecule has 2 nitrogen and oxygen atoms in total. The van der Waals surface area contributed by atoms with Crippen LogP contribution < -0.4 is 0 Å². The quantitative estimate of drug-likeness (QED) is 0.190. The SMILES string of the molecule is c1ccc2nc(-c3ccc(-c4cc5ccc6c(ccc7cc(-c8ccc(-c9ccc%10ccccc%10n9)cc8)sc76)c5s4)cc3)ccc2c1. The topological polar surface area (TPSA) is 25.8 Å². The van der Waals surface area contributed by atoms with Crippen LogP contribution in [0.25, 0.3) is 96.1 Å². The zero-order valence-corrected chi connectivity index (χ0v) is 27.4. The summed E-state index contributed by atoms with van der Waals surface area (Å²) < 4.78 is 2.68. The van der Waals surface area contributed by atoms with Gasteiger partial charge in [-0.1, -0.05) is 121 Å². The lowest BCUT2D eigenvalue weighted by Crippen LogP contribution is -1.85. The lowest BCUT2D eigenvalue weighted by atomic mass is 10.0. The molecule has 0 N–H and O–H groups in total. The summed E-state index contributed by atoms with van der Waals surface area (Å²) in [5.74, 6) is 0. The summed E-state index contributed by atoms with van der Waals surface area (Å²) in [6, 6.07) is 56.6. The number of hydrogen-bond donors (Lipinski definition) is 0. The predicted molar refractivity (Wildman–Crippen MR) is 207 cm³/mol. The maximum Gasteiger partial charge on any atom is 0.0709 e. The van der Waals surface area contributed by atoms with E-state index in [-0.39, 0.29) is 0 Å². The standard InChI is InChI=1S/C44H26N2S2/c1-3-7-37-27(5-1)19-23-39(45-37)29-9-13-31(14-10-29)41-25-33-17-21-36-35(43(33)47-41)22-18-34-26-42(48-44(34)36)32-15-11-30(12-16-32)40-24-20-28-6-2-4-8-38(28)46-40/h1-26H. The molecule has 10 rings (SSSR count). The van der Waals surface area contributed by atoms with Crippen LogP contribution in [0.4, 0.5) is 0 Å². The number of rotatable bonds is 4. The van der Waals surface area contributed by atoms with E-state index in [1.165, 1.54) is 51.8 Å². The molecule has 0 aliphatic rings. The first kappa shape index (κ1) is 27.4. The van der Waals surface area contributed by atoms with Gasteiger partial charge in [-0.2, -0.15) is 0 Å². The van der Waals surface area contributed by atoms with Gasteiger partial charge in [0, 0.05) is 51.8 Å². The second kappa shape index (κ2) is 11.0. The Labute approximate surface area is 285 Å². The van der Waals surface area contributed by atoms with E-state index in [1.807, 2.05) is 34.8 Å². The molecule has 48 heavy (non-hydrogen) atoms. The normalized spacial score (nSPS) is 11.8. The van der Waals surface area contributed by atoms with Gasteiger partial charge in [0.05, 0.1) is 22.4 Å². The van der Waals surface area contributed by atoms with E-state index in [0.29, 0.717) is 0 Å². The first-order valence-electron chi connectivity index (χ1n) is 16.1. The van der Waals surface area contributed by atoms with Crippen LogP contribution in [0.1, 0.15) is 0 Å². The zero-order valence-electron chi connectivity index (χ0n) is 25.7. The fourth-order valence-corrected chi connectivity index (χ4v) is 9.13. The van der Waals surface area contributed by atoms with Crippen molar-refractivity contribution in [3.63, 3.8) is 0 Å². The van der Waals surface area contributed by atoms with Gasteiger partial charge >= 0.3 is 0 Å². The van der Waals surface area contributed by atoms with E-state index >= 15 is 0 Å². The molecule has 0 radical (unpaired) electrons. The van der Waals surface area contributed by atoms with Crippen LogP contribution in [0.3, 0.4) is 0 Å². The third-order valence-electron chi connectivity index (χ3n) is 9.29. The molecular formula is C44H26N2S2. The fraction of sp³-hybridized carbons (Fsp3) is 0. The number of para-hydroxylation sites is 2. The molecule has 0 spiro atoms. The van der Waals surface area contributed by atoms with Crippen molar-refractivity contribution in [2.75, 3.05) is 0 Å². The average Bonchev–Trinajstić information content (AvgIpc) is 3.80. The van der Waals surface area contributed by atoms with Crippen LogP contribution in [-0.4, -0.2) is 9.97 Å². The number of thiophene rings is 2. The van der Waals surface area contributed by atoms with Crippen LogP contribution in [-0.2, 0) is 0 Å².